The van der Waals surface area contributed by atoms with Gasteiger partial charge in [0.15, 0.2) is 0 Å². The van der Waals surface area contributed by atoms with Crippen LogP contribution in [0.15, 0.2) is 12.1 Å². The van der Waals surface area contributed by atoms with E-state index >= 15 is 0 Å². The number of nitrogens with zero attached hydrogens (tertiary/aromatic N) is 1. The maximum atomic E-state index is 11.3. The number of nitrogens with two attached hydrogens (primary N) is 1. The molecule has 0 radical (unpaired) electrons. The zero-order valence-electron chi connectivity index (χ0n) is 12.7. The molecule has 2 rings (SSSR count). The summed E-state index contributed by atoms with van der Waals surface area (Å²) in [6, 6.07) is 3.33. The number of aryl methyl sites for hydroxylation is 2. The van der Waals surface area contributed by atoms with Crippen LogP contribution in [0.5, 0.6) is 0 Å². The Balaban J connectivity index is 2.80. The zero-order valence-corrected chi connectivity index (χ0v) is 12.7. The molecule has 0 aliphatic carbocycles. The molecule has 1 aromatic heterocycles. The third-order valence-electron chi connectivity index (χ3n) is 3.91. The smallest absolute Gasteiger partial charge is 0.335 e. The molecule has 1 atom stereocenters. The summed E-state index contributed by atoms with van der Waals surface area (Å²) in [5.41, 5.74) is 9.51. The number of hydrogen-bond acceptors (Lipinski definition) is 3. The first-order valence-electron chi connectivity index (χ1n) is 7.13. The van der Waals surface area contributed by atoms with Crippen LogP contribution in [0.25, 0.3) is 10.9 Å². The van der Waals surface area contributed by atoms with E-state index in [2.05, 4.69) is 4.57 Å². The number of rotatable bonds is 5. The molecule has 5 heteroatoms. The summed E-state index contributed by atoms with van der Waals surface area (Å²) in [6.07, 6.45) is 0.194. The number of aliphatic hydroxyl groups is 1. The molecule has 21 heavy (non-hydrogen) atoms. The lowest BCUT2D eigenvalue weighted by Crippen LogP contribution is -2.08. The second-order valence-corrected chi connectivity index (χ2v) is 5.46. The topological polar surface area (TPSA) is 88.5 Å². The number of carboxylic acids is 1. The van der Waals surface area contributed by atoms with Crippen molar-refractivity contribution < 1.29 is 15.0 Å². The van der Waals surface area contributed by atoms with Gasteiger partial charge in [0.05, 0.1) is 17.2 Å². The van der Waals surface area contributed by atoms with Crippen LogP contribution in [0, 0.1) is 13.8 Å². The molecule has 0 aliphatic heterocycles. The maximum Gasteiger partial charge on any atom is 0.335 e. The van der Waals surface area contributed by atoms with Gasteiger partial charge >= 0.3 is 5.97 Å². The van der Waals surface area contributed by atoms with E-state index in [4.69, 9.17) is 5.73 Å². The van der Waals surface area contributed by atoms with Gasteiger partial charge in [-0.05, 0) is 51.4 Å². The number of aliphatic hydroxyl groups excluding tert-OH is 1. The summed E-state index contributed by atoms with van der Waals surface area (Å²) < 4.78 is 2.13. The summed E-state index contributed by atoms with van der Waals surface area (Å²) >= 11 is 0. The molecule has 2 aromatic rings. The minimum Gasteiger partial charge on any atom is -0.478 e. The first-order chi connectivity index (χ1) is 9.88. The molecule has 1 aromatic carbocycles. The largest absolute Gasteiger partial charge is 0.478 e. The fourth-order valence-electron chi connectivity index (χ4n) is 3.03. The van der Waals surface area contributed by atoms with Gasteiger partial charge in [0.2, 0.25) is 0 Å². The highest BCUT2D eigenvalue weighted by molar-refractivity contribution is 5.97. The van der Waals surface area contributed by atoms with Gasteiger partial charge in [-0.1, -0.05) is 0 Å². The van der Waals surface area contributed by atoms with Gasteiger partial charge in [-0.3, -0.25) is 0 Å². The second kappa shape index (κ2) is 5.87. The van der Waals surface area contributed by atoms with Crippen LogP contribution in [-0.4, -0.2) is 27.3 Å². The lowest BCUT2D eigenvalue weighted by molar-refractivity contribution is 0.0697. The number of carboxylic acid groups (broad SMARTS) is 1. The van der Waals surface area contributed by atoms with Crippen LogP contribution in [0.3, 0.4) is 0 Å². The lowest BCUT2D eigenvalue weighted by atomic mass is 10.0. The van der Waals surface area contributed by atoms with Crippen molar-refractivity contribution in [3.8, 4) is 0 Å². The number of aromatic nitrogens is 1. The molecule has 4 N–H and O–H groups in total. The normalized spacial score (nSPS) is 12.8. The molecular weight excluding hydrogens is 268 g/mol. The lowest BCUT2D eigenvalue weighted by Gasteiger charge is -2.10. The van der Waals surface area contributed by atoms with E-state index in [9.17, 15) is 15.0 Å². The minimum atomic E-state index is -0.955. The highest BCUT2D eigenvalue weighted by Crippen LogP contribution is 2.33. The van der Waals surface area contributed by atoms with Gasteiger partial charge in [0.25, 0.3) is 0 Å². The molecule has 0 saturated carbocycles. The number of aromatic carboxylic acids is 1. The van der Waals surface area contributed by atoms with Crippen molar-refractivity contribution in [3.63, 3.8) is 0 Å². The molecule has 5 nitrogen and oxygen atoms in total. The Bertz CT molecular complexity index is 687. The molecule has 1 heterocycles. The Labute approximate surface area is 124 Å². The van der Waals surface area contributed by atoms with Crippen LogP contribution >= 0.6 is 0 Å². The number of hydrogen-bond donors (Lipinski definition) is 3. The second-order valence-electron chi connectivity index (χ2n) is 5.46. The standard InChI is InChI=1S/C16H22N2O3/c1-9-7-12(16(20)21)8-13-14(11(3)19)10(2)18(15(9)13)6-4-5-17/h7-8,11,19H,4-6,17H2,1-3H3,(H,20,21). The van der Waals surface area contributed by atoms with Gasteiger partial charge in [-0.15, -0.1) is 0 Å². The molecular formula is C16H22N2O3. The summed E-state index contributed by atoms with van der Waals surface area (Å²) in [7, 11) is 0. The van der Waals surface area contributed by atoms with Crippen molar-refractivity contribution in [2.45, 2.75) is 39.8 Å². The summed E-state index contributed by atoms with van der Waals surface area (Å²) in [5, 5.41) is 20.1. The van der Waals surface area contributed by atoms with Crippen LogP contribution in [-0.2, 0) is 6.54 Å². The molecule has 0 saturated heterocycles. The molecule has 114 valence electrons. The van der Waals surface area contributed by atoms with Crippen molar-refractivity contribution in [3.05, 3.63) is 34.5 Å². The highest BCUT2D eigenvalue weighted by Gasteiger charge is 2.20. The Hall–Kier alpha value is -1.85. The Morgan fingerprint density at radius 1 is 1.38 bits per heavy atom. The number of benzene rings is 1. The zero-order chi connectivity index (χ0) is 15.7. The minimum absolute atomic E-state index is 0.248. The van der Waals surface area contributed by atoms with Crippen molar-refractivity contribution in [1.29, 1.82) is 0 Å². The van der Waals surface area contributed by atoms with Crippen molar-refractivity contribution in [2.24, 2.45) is 5.73 Å². The average Bonchev–Trinajstić information content (AvgIpc) is 2.68. The van der Waals surface area contributed by atoms with Crippen LogP contribution in [0.1, 0.15) is 46.6 Å². The fourth-order valence-corrected chi connectivity index (χ4v) is 3.03. The van der Waals surface area contributed by atoms with E-state index < -0.39 is 12.1 Å². The first kappa shape index (κ1) is 15.5. The van der Waals surface area contributed by atoms with Crippen molar-refractivity contribution >= 4 is 16.9 Å². The van der Waals surface area contributed by atoms with Crippen LogP contribution in [0.2, 0.25) is 0 Å². The SMILES string of the molecule is Cc1cc(C(=O)O)cc2c(C(C)O)c(C)n(CCCN)c12. The number of fused-ring (bicyclic) bond motifs is 1. The molecule has 0 fully saturated rings. The van der Waals surface area contributed by atoms with E-state index in [1.54, 1.807) is 19.1 Å². The summed E-state index contributed by atoms with van der Waals surface area (Å²) in [4.78, 5) is 11.3. The highest BCUT2D eigenvalue weighted by atomic mass is 16.4. The third-order valence-corrected chi connectivity index (χ3v) is 3.91. The van der Waals surface area contributed by atoms with E-state index in [1.807, 2.05) is 13.8 Å². The Kier molecular flexibility index (Phi) is 4.34. The predicted octanol–water partition coefficient (Wildman–Crippen LogP) is 2.36. The van der Waals surface area contributed by atoms with Crippen molar-refractivity contribution in [2.75, 3.05) is 6.54 Å². The van der Waals surface area contributed by atoms with Gasteiger partial charge in [-0.2, -0.15) is 0 Å². The molecule has 1 unspecified atom stereocenters. The summed E-state index contributed by atoms with van der Waals surface area (Å²) in [5.74, 6) is -0.955. The van der Waals surface area contributed by atoms with Crippen LogP contribution in [0.4, 0.5) is 0 Å². The van der Waals surface area contributed by atoms with Gasteiger partial charge in [-0.25, -0.2) is 4.79 Å². The van der Waals surface area contributed by atoms with Gasteiger partial charge < -0.3 is 20.5 Å². The van der Waals surface area contributed by atoms with E-state index in [1.165, 1.54) is 0 Å². The van der Waals surface area contributed by atoms with E-state index in [0.717, 1.165) is 40.7 Å². The first-order valence-corrected chi connectivity index (χ1v) is 7.13. The predicted molar refractivity (Wildman–Crippen MR) is 82.7 cm³/mol. The monoisotopic (exact) mass is 290 g/mol. The molecule has 0 spiro atoms. The quantitative estimate of drug-likeness (QED) is 0.788. The van der Waals surface area contributed by atoms with E-state index in [-0.39, 0.29) is 5.56 Å². The maximum absolute atomic E-state index is 11.3. The van der Waals surface area contributed by atoms with Gasteiger partial charge in [0, 0.05) is 23.2 Å². The molecule has 0 amide bonds. The Morgan fingerprint density at radius 2 is 2.05 bits per heavy atom. The average molecular weight is 290 g/mol. The van der Waals surface area contributed by atoms with E-state index in [0.29, 0.717) is 6.54 Å². The number of carbonyl (C=O) groups is 1. The van der Waals surface area contributed by atoms with Crippen LogP contribution < -0.4 is 5.73 Å². The summed E-state index contributed by atoms with van der Waals surface area (Å²) in [6.45, 7) is 6.92. The fraction of sp³-hybridized carbons (Fsp3) is 0.438. The Morgan fingerprint density at radius 3 is 2.57 bits per heavy atom. The molecule has 0 bridgehead atoms. The molecule has 0 aliphatic rings. The van der Waals surface area contributed by atoms with Gasteiger partial charge in [0.1, 0.15) is 0 Å². The van der Waals surface area contributed by atoms with Crippen molar-refractivity contribution in [1.82, 2.24) is 4.57 Å². The third kappa shape index (κ3) is 2.66.